The number of pyridine rings is 2. The predicted octanol–water partition coefficient (Wildman–Crippen LogP) is 4.32. The number of benzene rings is 1. The third-order valence-electron chi connectivity index (χ3n) is 4.57. The fourth-order valence-electron chi connectivity index (χ4n) is 3.20. The van der Waals surface area contributed by atoms with E-state index in [2.05, 4.69) is 20.4 Å². The molecule has 3 aromatic heterocycles. The lowest BCUT2D eigenvalue weighted by molar-refractivity contribution is -0.143. The van der Waals surface area contributed by atoms with Crippen LogP contribution < -0.4 is 10.9 Å². The lowest BCUT2D eigenvalue weighted by Crippen LogP contribution is -2.21. The monoisotopic (exact) mass is 449 g/mol. The van der Waals surface area contributed by atoms with Crippen LogP contribution in [0.2, 0.25) is 0 Å². The molecule has 32 heavy (non-hydrogen) atoms. The Balaban J connectivity index is 1.82. The average Bonchev–Trinajstić information content (AvgIpc) is 3.20. The van der Waals surface area contributed by atoms with Crippen LogP contribution in [0.3, 0.4) is 0 Å². The van der Waals surface area contributed by atoms with E-state index in [0.29, 0.717) is 4.68 Å². The molecular formula is C20H12F5N5O2. The van der Waals surface area contributed by atoms with Crippen LogP contribution in [0.1, 0.15) is 28.2 Å². The number of aromatic nitrogens is 4. The molecule has 0 fully saturated rings. The maximum Gasteiger partial charge on any atom is 0.434 e. The smallest absolute Gasteiger partial charge is 0.329 e. The summed E-state index contributed by atoms with van der Waals surface area (Å²) in [5, 5.41) is 6.21. The maximum atomic E-state index is 14.0. The van der Waals surface area contributed by atoms with E-state index in [4.69, 9.17) is 0 Å². The average molecular weight is 449 g/mol. The predicted molar refractivity (Wildman–Crippen MR) is 104 cm³/mol. The molecule has 0 aliphatic heterocycles. The number of hydrogen-bond acceptors (Lipinski definition) is 4. The fraction of sp³-hybridized carbons (Fsp3) is 0.100. The van der Waals surface area contributed by atoms with Crippen molar-refractivity contribution in [2.24, 2.45) is 0 Å². The minimum Gasteiger partial charge on any atom is -0.329 e. The number of hydrogen-bond donors (Lipinski definition) is 2. The van der Waals surface area contributed by atoms with Crippen LogP contribution in [-0.2, 0) is 6.18 Å². The third kappa shape index (κ3) is 3.82. The molecule has 3 heterocycles. The lowest BCUT2D eigenvalue weighted by atomic mass is 10.1. The Labute approximate surface area is 175 Å². The van der Waals surface area contributed by atoms with Crippen molar-refractivity contribution >= 4 is 22.4 Å². The Kier molecular flexibility index (Phi) is 5.20. The first-order chi connectivity index (χ1) is 15.2. The van der Waals surface area contributed by atoms with Gasteiger partial charge in [0.2, 0.25) is 0 Å². The molecule has 12 heteroatoms. The van der Waals surface area contributed by atoms with Crippen molar-refractivity contribution in [1.82, 2.24) is 19.7 Å². The molecule has 0 unspecified atom stereocenters. The molecule has 1 aromatic carbocycles. The number of carbonyl (C=O) groups is 1. The molecule has 0 saturated heterocycles. The van der Waals surface area contributed by atoms with Crippen LogP contribution in [-0.4, -0.2) is 25.7 Å². The van der Waals surface area contributed by atoms with Gasteiger partial charge in [-0.05, 0) is 30.3 Å². The molecule has 0 bridgehead atoms. The molecule has 0 aliphatic rings. The van der Waals surface area contributed by atoms with Gasteiger partial charge >= 0.3 is 6.18 Å². The number of fused-ring (bicyclic) bond motifs is 1. The first kappa shape index (κ1) is 21.2. The Bertz CT molecular complexity index is 1380. The summed E-state index contributed by atoms with van der Waals surface area (Å²) in [4.78, 5) is 30.5. The van der Waals surface area contributed by atoms with Crippen LogP contribution >= 0.6 is 0 Å². The fourth-order valence-corrected chi connectivity index (χ4v) is 3.20. The first-order valence-electron chi connectivity index (χ1n) is 8.98. The van der Waals surface area contributed by atoms with Gasteiger partial charge in [0.1, 0.15) is 5.69 Å². The number of alkyl halides is 5. The summed E-state index contributed by atoms with van der Waals surface area (Å²) in [5.41, 5.74) is -3.58. The first-order valence-corrected chi connectivity index (χ1v) is 8.98. The van der Waals surface area contributed by atoms with Crippen LogP contribution in [0, 0.1) is 0 Å². The van der Waals surface area contributed by atoms with Crippen molar-refractivity contribution in [2.45, 2.75) is 12.6 Å². The number of amides is 1. The minimum absolute atomic E-state index is 0.0659. The highest BCUT2D eigenvalue weighted by atomic mass is 19.4. The van der Waals surface area contributed by atoms with Crippen LogP contribution in [0.4, 0.5) is 27.6 Å². The number of aromatic amines is 1. The molecule has 1 amide bonds. The van der Waals surface area contributed by atoms with Crippen molar-refractivity contribution in [2.75, 3.05) is 5.32 Å². The van der Waals surface area contributed by atoms with Gasteiger partial charge in [-0.1, -0.05) is 6.07 Å². The largest absolute Gasteiger partial charge is 0.434 e. The number of halogens is 5. The number of nitrogens with one attached hydrogen (secondary N) is 2. The zero-order valence-corrected chi connectivity index (χ0v) is 15.8. The Morgan fingerprint density at radius 1 is 1.12 bits per heavy atom. The zero-order valence-electron chi connectivity index (χ0n) is 15.8. The zero-order chi connectivity index (χ0) is 23.0. The van der Waals surface area contributed by atoms with Crippen molar-refractivity contribution in [3.05, 3.63) is 82.3 Å². The molecular weight excluding hydrogens is 437 g/mol. The van der Waals surface area contributed by atoms with Gasteiger partial charge in [-0.3, -0.25) is 14.6 Å². The molecule has 0 aliphatic carbocycles. The molecule has 0 radical (unpaired) electrons. The van der Waals surface area contributed by atoms with E-state index in [9.17, 15) is 31.5 Å². The number of carbonyl (C=O) groups excluding carboxylic acids is 1. The van der Waals surface area contributed by atoms with E-state index in [1.54, 1.807) is 0 Å². The molecule has 164 valence electrons. The van der Waals surface area contributed by atoms with Crippen molar-refractivity contribution in [1.29, 1.82) is 0 Å². The van der Waals surface area contributed by atoms with Crippen LogP contribution in [0.15, 0.2) is 59.8 Å². The highest BCUT2D eigenvalue weighted by Crippen LogP contribution is 2.35. The molecule has 0 atom stereocenters. The molecule has 0 spiro atoms. The van der Waals surface area contributed by atoms with Crippen molar-refractivity contribution < 1.29 is 26.7 Å². The van der Waals surface area contributed by atoms with Crippen molar-refractivity contribution in [3.8, 4) is 5.69 Å². The van der Waals surface area contributed by atoms with E-state index in [1.165, 1.54) is 36.5 Å². The van der Waals surface area contributed by atoms with Crippen LogP contribution in [0.25, 0.3) is 16.5 Å². The van der Waals surface area contributed by atoms with Gasteiger partial charge in [-0.25, -0.2) is 13.5 Å². The highest BCUT2D eigenvalue weighted by molar-refractivity contribution is 6.05. The molecule has 0 saturated carbocycles. The lowest BCUT2D eigenvalue weighted by Gasteiger charge is -2.14. The second-order valence-corrected chi connectivity index (χ2v) is 6.59. The number of H-pyrrole nitrogens is 1. The Morgan fingerprint density at radius 3 is 2.62 bits per heavy atom. The Hall–Kier alpha value is -4.09. The summed E-state index contributed by atoms with van der Waals surface area (Å²) in [6.45, 7) is 0. The second-order valence-electron chi connectivity index (χ2n) is 6.59. The second kappa shape index (κ2) is 7.87. The van der Waals surface area contributed by atoms with Gasteiger partial charge < -0.3 is 10.3 Å². The van der Waals surface area contributed by atoms with Gasteiger partial charge in [0.15, 0.2) is 5.69 Å². The molecule has 4 aromatic rings. The quantitative estimate of drug-likeness (QED) is 0.454. The Morgan fingerprint density at radius 2 is 1.91 bits per heavy atom. The summed E-state index contributed by atoms with van der Waals surface area (Å²) in [7, 11) is 0. The van der Waals surface area contributed by atoms with Gasteiger partial charge in [0.05, 0.1) is 17.4 Å². The van der Waals surface area contributed by atoms with E-state index in [0.717, 1.165) is 18.5 Å². The summed E-state index contributed by atoms with van der Waals surface area (Å²) < 4.78 is 68.0. The van der Waals surface area contributed by atoms with Gasteiger partial charge in [0.25, 0.3) is 17.9 Å². The van der Waals surface area contributed by atoms with Crippen molar-refractivity contribution in [3.63, 3.8) is 0 Å². The number of nitrogens with zero attached hydrogens (tertiary/aromatic N) is 3. The van der Waals surface area contributed by atoms with Crippen LogP contribution in [0.5, 0.6) is 0 Å². The highest BCUT2D eigenvalue weighted by Gasteiger charge is 2.41. The van der Waals surface area contributed by atoms with Gasteiger partial charge in [0, 0.05) is 28.9 Å². The van der Waals surface area contributed by atoms with E-state index < -0.39 is 41.0 Å². The normalized spacial score (nSPS) is 11.8. The standard InChI is InChI=1S/C20H12F5N5O2/c21-17(22)14-8-10(4-6-26-14)29-19(32)13-9-28-30(16(13)20(23,24)25)15-3-1-2-12-11(15)5-7-27-18(12)31/h1-9,17H,(H,27,31)(H,26,29,32). The summed E-state index contributed by atoms with van der Waals surface area (Å²) in [6.07, 6.45) is -4.92. The SMILES string of the molecule is O=C(Nc1ccnc(C(F)F)c1)c1cnn(-c2cccc3c(=O)[nH]ccc23)c1C(F)(F)F. The molecule has 7 nitrogen and oxygen atoms in total. The molecule has 4 rings (SSSR count). The van der Waals surface area contributed by atoms with E-state index in [1.807, 2.05) is 0 Å². The number of rotatable bonds is 4. The summed E-state index contributed by atoms with van der Waals surface area (Å²) in [6, 6.07) is 7.58. The minimum atomic E-state index is -5.00. The topological polar surface area (TPSA) is 92.7 Å². The number of anilines is 1. The third-order valence-corrected chi connectivity index (χ3v) is 4.57. The van der Waals surface area contributed by atoms with Gasteiger partial charge in [-0.2, -0.15) is 18.3 Å². The maximum absolute atomic E-state index is 14.0. The van der Waals surface area contributed by atoms with Gasteiger partial charge in [-0.15, -0.1) is 0 Å². The summed E-state index contributed by atoms with van der Waals surface area (Å²) >= 11 is 0. The van der Waals surface area contributed by atoms with E-state index >= 15 is 0 Å². The summed E-state index contributed by atoms with van der Waals surface area (Å²) in [5.74, 6) is -1.20. The molecule has 2 N–H and O–H groups in total. The van der Waals surface area contributed by atoms with E-state index in [-0.39, 0.29) is 22.1 Å².